The van der Waals surface area contributed by atoms with Gasteiger partial charge < -0.3 is 11.1 Å². The first-order valence-corrected chi connectivity index (χ1v) is 7.17. The summed E-state index contributed by atoms with van der Waals surface area (Å²) in [5, 5.41) is 13.0. The van der Waals surface area contributed by atoms with Crippen LogP contribution >= 0.6 is 0 Å². The van der Waals surface area contributed by atoms with Crippen molar-refractivity contribution in [3.05, 3.63) is 41.5 Å². The Hall–Kier alpha value is -2.49. The van der Waals surface area contributed by atoms with Gasteiger partial charge in [-0.05, 0) is 35.0 Å². The number of amides is 1. The molecule has 0 bridgehead atoms. The van der Waals surface area contributed by atoms with Crippen LogP contribution in [0.2, 0.25) is 0 Å². The molecule has 0 aliphatic rings. The number of tetrazole rings is 1. The van der Waals surface area contributed by atoms with Crippen molar-refractivity contribution in [1.29, 1.82) is 0 Å². The lowest BCUT2D eigenvalue weighted by Crippen LogP contribution is -2.44. The fourth-order valence-electron chi connectivity index (χ4n) is 2.07. The lowest BCUT2D eigenvalue weighted by atomic mass is 10.0. The van der Waals surface area contributed by atoms with Gasteiger partial charge in [-0.15, -0.1) is 5.10 Å². The van der Waals surface area contributed by atoms with E-state index < -0.39 is 36.8 Å². The summed E-state index contributed by atoms with van der Waals surface area (Å²) in [6.45, 7) is -0.178. The third-order valence-electron chi connectivity index (χ3n) is 3.42. The smallest absolute Gasteiger partial charge is 0.277 e. The van der Waals surface area contributed by atoms with Crippen LogP contribution in [0.3, 0.4) is 0 Å². The number of nitrogens with zero attached hydrogens (tertiary/aromatic N) is 4. The summed E-state index contributed by atoms with van der Waals surface area (Å²) in [4.78, 5) is 12.4. The molecule has 0 saturated heterocycles. The molecule has 1 amide bonds. The van der Waals surface area contributed by atoms with E-state index in [0.29, 0.717) is 11.4 Å². The van der Waals surface area contributed by atoms with E-state index in [9.17, 15) is 18.0 Å². The van der Waals surface area contributed by atoms with Gasteiger partial charge in [0.05, 0.1) is 13.1 Å². The molecule has 0 aliphatic carbocycles. The van der Waals surface area contributed by atoms with Crippen LogP contribution in [0.4, 0.5) is 13.2 Å². The van der Waals surface area contributed by atoms with Gasteiger partial charge in [0.1, 0.15) is 17.7 Å². The molecule has 1 atom stereocenters. The Morgan fingerprint density at radius 1 is 1.38 bits per heavy atom. The molecular formula is C14H17F3N6O. The van der Waals surface area contributed by atoms with Crippen molar-refractivity contribution >= 4 is 5.91 Å². The van der Waals surface area contributed by atoms with Crippen molar-refractivity contribution in [2.75, 3.05) is 13.1 Å². The predicted molar refractivity (Wildman–Crippen MR) is 78.7 cm³/mol. The van der Waals surface area contributed by atoms with E-state index in [-0.39, 0.29) is 6.42 Å². The molecule has 1 unspecified atom stereocenters. The van der Waals surface area contributed by atoms with Gasteiger partial charge in [-0.25, -0.2) is 17.9 Å². The molecule has 130 valence electrons. The molecule has 2 rings (SSSR count). The van der Waals surface area contributed by atoms with Crippen molar-refractivity contribution in [1.82, 2.24) is 25.5 Å². The Morgan fingerprint density at radius 3 is 2.58 bits per heavy atom. The molecule has 7 nitrogen and oxygen atoms in total. The highest BCUT2D eigenvalue weighted by atomic mass is 19.3. The van der Waals surface area contributed by atoms with Crippen molar-refractivity contribution < 1.29 is 18.0 Å². The van der Waals surface area contributed by atoms with Crippen LogP contribution in [0, 0.1) is 12.7 Å². The second-order valence-electron chi connectivity index (χ2n) is 5.29. The Bertz CT molecular complexity index is 688. The zero-order chi connectivity index (χ0) is 17.7. The Balaban J connectivity index is 2.18. The van der Waals surface area contributed by atoms with E-state index in [1.807, 2.05) is 0 Å². The highest BCUT2D eigenvalue weighted by molar-refractivity contribution is 5.80. The number of carbonyl (C=O) groups excluding carboxylic acids is 1. The third-order valence-corrected chi connectivity index (χ3v) is 3.42. The zero-order valence-electron chi connectivity index (χ0n) is 12.9. The number of aromatic nitrogens is 4. The Kier molecular flexibility index (Phi) is 5.50. The van der Waals surface area contributed by atoms with Gasteiger partial charge in [0, 0.05) is 6.42 Å². The predicted octanol–water partition coefficient (Wildman–Crippen LogP) is 0.615. The summed E-state index contributed by atoms with van der Waals surface area (Å²) in [6.07, 6.45) is 0.117. The van der Waals surface area contributed by atoms with Gasteiger partial charge in [-0.3, -0.25) is 4.79 Å². The van der Waals surface area contributed by atoms with E-state index in [0.717, 1.165) is 0 Å². The molecule has 1 aromatic heterocycles. The molecule has 1 aromatic carbocycles. The molecule has 0 aliphatic heterocycles. The van der Waals surface area contributed by atoms with Crippen LogP contribution in [0.1, 0.15) is 17.4 Å². The number of rotatable bonds is 7. The molecule has 24 heavy (non-hydrogen) atoms. The standard InChI is InChI=1S/C14H17F3N6O/c1-9-20-21-22-23(9)12(6-10-2-4-11(15)5-3-10)13(24)19-8-14(16,17)7-18/h2-5,12H,6-8,18H2,1H3,(H,19,24). The third kappa shape index (κ3) is 4.51. The maximum absolute atomic E-state index is 13.2. The SMILES string of the molecule is Cc1nnnn1C(Cc1ccc(F)cc1)C(=O)NCC(F)(F)CN. The number of halogens is 3. The van der Waals surface area contributed by atoms with Crippen molar-refractivity contribution in [2.24, 2.45) is 5.73 Å². The van der Waals surface area contributed by atoms with Crippen molar-refractivity contribution in [2.45, 2.75) is 25.3 Å². The minimum absolute atomic E-state index is 0.117. The molecule has 0 saturated carbocycles. The molecule has 3 N–H and O–H groups in total. The number of hydrogen-bond acceptors (Lipinski definition) is 5. The maximum atomic E-state index is 13.2. The summed E-state index contributed by atoms with van der Waals surface area (Å²) in [6, 6.07) is 4.56. The lowest BCUT2D eigenvalue weighted by molar-refractivity contribution is -0.126. The summed E-state index contributed by atoms with van der Waals surface area (Å²) in [5.74, 6) is -3.95. The number of nitrogens with one attached hydrogen (secondary N) is 1. The minimum atomic E-state index is -3.20. The first-order chi connectivity index (χ1) is 11.3. The second-order valence-corrected chi connectivity index (χ2v) is 5.29. The largest absolute Gasteiger partial charge is 0.348 e. The molecular weight excluding hydrogens is 325 g/mol. The van der Waals surface area contributed by atoms with Crippen LogP contribution < -0.4 is 11.1 Å². The minimum Gasteiger partial charge on any atom is -0.348 e. The maximum Gasteiger partial charge on any atom is 0.277 e. The molecule has 0 fully saturated rings. The van der Waals surface area contributed by atoms with Gasteiger partial charge in [0.15, 0.2) is 0 Å². The quantitative estimate of drug-likeness (QED) is 0.768. The van der Waals surface area contributed by atoms with Crippen molar-refractivity contribution in [3.8, 4) is 0 Å². The number of alkyl halides is 2. The molecule has 10 heteroatoms. The number of nitrogens with two attached hydrogens (primary N) is 1. The normalized spacial score (nSPS) is 12.9. The summed E-state index contributed by atoms with van der Waals surface area (Å²) < 4.78 is 40.7. The van der Waals surface area contributed by atoms with E-state index in [1.54, 1.807) is 6.92 Å². The number of hydrogen-bond donors (Lipinski definition) is 2. The first-order valence-electron chi connectivity index (χ1n) is 7.17. The summed E-state index contributed by atoms with van der Waals surface area (Å²) >= 11 is 0. The molecule has 2 aromatic rings. The first kappa shape index (κ1) is 17.9. The van der Waals surface area contributed by atoms with Crippen LogP contribution in [0.15, 0.2) is 24.3 Å². The van der Waals surface area contributed by atoms with Gasteiger partial charge in [-0.1, -0.05) is 12.1 Å². The highest BCUT2D eigenvalue weighted by Gasteiger charge is 2.30. The van der Waals surface area contributed by atoms with Crippen molar-refractivity contribution in [3.63, 3.8) is 0 Å². The van der Waals surface area contributed by atoms with E-state index in [4.69, 9.17) is 5.73 Å². The van der Waals surface area contributed by atoms with Gasteiger partial charge in [-0.2, -0.15) is 0 Å². The fraction of sp³-hybridized carbons (Fsp3) is 0.429. The number of aryl methyl sites for hydroxylation is 1. The summed E-state index contributed by atoms with van der Waals surface area (Å²) in [7, 11) is 0. The Labute approximate surface area is 136 Å². The van der Waals surface area contributed by atoms with E-state index in [2.05, 4.69) is 20.8 Å². The fourth-order valence-corrected chi connectivity index (χ4v) is 2.07. The number of carbonyl (C=O) groups is 1. The topological polar surface area (TPSA) is 98.7 Å². The average molecular weight is 342 g/mol. The average Bonchev–Trinajstić information content (AvgIpc) is 2.98. The van der Waals surface area contributed by atoms with Gasteiger partial charge >= 0.3 is 0 Å². The number of benzene rings is 1. The van der Waals surface area contributed by atoms with Crippen LogP contribution in [-0.2, 0) is 11.2 Å². The van der Waals surface area contributed by atoms with E-state index in [1.165, 1.54) is 28.9 Å². The Morgan fingerprint density at radius 2 is 2.04 bits per heavy atom. The molecule has 0 radical (unpaired) electrons. The highest BCUT2D eigenvalue weighted by Crippen LogP contribution is 2.17. The molecule has 1 heterocycles. The van der Waals surface area contributed by atoms with Crippen LogP contribution in [0.5, 0.6) is 0 Å². The monoisotopic (exact) mass is 342 g/mol. The van der Waals surface area contributed by atoms with Crippen LogP contribution in [0.25, 0.3) is 0 Å². The summed E-state index contributed by atoms with van der Waals surface area (Å²) in [5.41, 5.74) is 5.59. The van der Waals surface area contributed by atoms with Gasteiger partial charge in [0.25, 0.3) is 5.92 Å². The lowest BCUT2D eigenvalue weighted by Gasteiger charge is -2.20. The van der Waals surface area contributed by atoms with E-state index >= 15 is 0 Å². The second kappa shape index (κ2) is 7.39. The van der Waals surface area contributed by atoms with Crippen LogP contribution in [-0.4, -0.2) is 45.1 Å². The zero-order valence-corrected chi connectivity index (χ0v) is 12.9. The van der Waals surface area contributed by atoms with Gasteiger partial charge in [0.2, 0.25) is 5.91 Å². The molecule has 0 spiro atoms.